The lowest BCUT2D eigenvalue weighted by Crippen LogP contribution is -2.21. The van der Waals surface area contributed by atoms with Gasteiger partial charge in [-0.3, -0.25) is 9.36 Å². The van der Waals surface area contributed by atoms with Crippen LogP contribution < -0.4 is 5.56 Å². The van der Waals surface area contributed by atoms with Crippen molar-refractivity contribution in [2.24, 2.45) is 0 Å². The monoisotopic (exact) mass is 396 g/mol. The predicted octanol–water partition coefficient (Wildman–Crippen LogP) is 4.69. The van der Waals surface area contributed by atoms with E-state index in [0.29, 0.717) is 22.5 Å². The standard InChI is InChI=1S/C24H17FN4O/c1-16-7-9-17(10-8-16)23-26-22-21(15-28(27-22)19-5-3-2-4-6-19)24(30)29(23)20-13-11-18(25)12-14-20/h2-15H,1H3. The first-order chi connectivity index (χ1) is 14.6. The van der Waals surface area contributed by atoms with Crippen molar-refractivity contribution >= 4 is 11.0 Å². The molecule has 0 amide bonds. The SMILES string of the molecule is Cc1ccc(-c2nc3nn(-c4ccccc4)cc3c(=O)n2-c2ccc(F)cc2)cc1. The van der Waals surface area contributed by atoms with Gasteiger partial charge in [0.2, 0.25) is 0 Å². The molecule has 146 valence electrons. The number of hydrogen-bond acceptors (Lipinski definition) is 3. The largest absolute Gasteiger partial charge is 0.269 e. The fraction of sp³-hybridized carbons (Fsp3) is 0.0417. The summed E-state index contributed by atoms with van der Waals surface area (Å²) in [5, 5.41) is 4.92. The Bertz CT molecular complexity index is 1400. The van der Waals surface area contributed by atoms with Crippen molar-refractivity contribution in [1.82, 2.24) is 19.3 Å². The van der Waals surface area contributed by atoms with E-state index in [1.54, 1.807) is 23.0 Å². The van der Waals surface area contributed by atoms with Gasteiger partial charge in [0.1, 0.15) is 17.0 Å². The topological polar surface area (TPSA) is 52.7 Å². The number of hydrogen-bond donors (Lipinski definition) is 0. The first-order valence-electron chi connectivity index (χ1n) is 9.51. The molecule has 0 spiro atoms. The normalized spacial score (nSPS) is 11.1. The molecule has 5 rings (SSSR count). The zero-order valence-electron chi connectivity index (χ0n) is 16.2. The number of fused-ring (bicyclic) bond motifs is 1. The first-order valence-corrected chi connectivity index (χ1v) is 9.51. The summed E-state index contributed by atoms with van der Waals surface area (Å²) in [6.07, 6.45) is 1.68. The Hall–Kier alpha value is -4.06. The number of aryl methyl sites for hydroxylation is 1. The van der Waals surface area contributed by atoms with Gasteiger partial charge in [-0.15, -0.1) is 5.10 Å². The van der Waals surface area contributed by atoms with E-state index in [1.807, 2.05) is 61.5 Å². The second kappa shape index (κ2) is 7.08. The van der Waals surface area contributed by atoms with Crippen molar-refractivity contribution in [3.05, 3.63) is 107 Å². The summed E-state index contributed by atoms with van der Waals surface area (Å²) in [7, 11) is 0. The van der Waals surface area contributed by atoms with E-state index in [1.165, 1.54) is 16.7 Å². The van der Waals surface area contributed by atoms with E-state index in [0.717, 1.165) is 16.8 Å². The van der Waals surface area contributed by atoms with Gasteiger partial charge >= 0.3 is 0 Å². The van der Waals surface area contributed by atoms with Crippen molar-refractivity contribution in [3.63, 3.8) is 0 Å². The van der Waals surface area contributed by atoms with Gasteiger partial charge in [0, 0.05) is 11.8 Å². The summed E-state index contributed by atoms with van der Waals surface area (Å²) < 4.78 is 16.6. The van der Waals surface area contributed by atoms with Crippen LogP contribution in [0, 0.1) is 12.7 Å². The maximum atomic E-state index is 13.5. The number of aromatic nitrogens is 4. The van der Waals surface area contributed by atoms with Gasteiger partial charge in [-0.05, 0) is 43.3 Å². The van der Waals surface area contributed by atoms with E-state index >= 15 is 0 Å². The van der Waals surface area contributed by atoms with Crippen LogP contribution in [0.5, 0.6) is 0 Å². The summed E-state index contributed by atoms with van der Waals surface area (Å²) in [5.74, 6) is 0.0899. The molecule has 0 radical (unpaired) electrons. The minimum Gasteiger partial charge on any atom is -0.268 e. The molecule has 5 aromatic rings. The van der Waals surface area contributed by atoms with Crippen LogP contribution in [0.2, 0.25) is 0 Å². The summed E-state index contributed by atoms with van der Waals surface area (Å²) in [5.41, 5.74) is 3.35. The molecule has 0 saturated heterocycles. The molecule has 0 N–H and O–H groups in total. The third-order valence-corrected chi connectivity index (χ3v) is 4.97. The summed E-state index contributed by atoms with van der Waals surface area (Å²) in [6.45, 7) is 2.00. The van der Waals surface area contributed by atoms with Crippen LogP contribution in [-0.2, 0) is 0 Å². The second-order valence-corrected chi connectivity index (χ2v) is 7.06. The molecule has 0 fully saturated rings. The van der Waals surface area contributed by atoms with Crippen LogP contribution >= 0.6 is 0 Å². The Morgan fingerprint density at radius 2 is 1.53 bits per heavy atom. The molecule has 0 aliphatic heterocycles. The van der Waals surface area contributed by atoms with Gasteiger partial charge in [-0.2, -0.15) is 0 Å². The molecule has 2 aromatic heterocycles. The number of rotatable bonds is 3. The maximum Gasteiger partial charge on any atom is 0.269 e. The van der Waals surface area contributed by atoms with Gasteiger partial charge in [0.15, 0.2) is 5.65 Å². The van der Waals surface area contributed by atoms with Gasteiger partial charge in [0.05, 0.1) is 11.4 Å². The zero-order valence-corrected chi connectivity index (χ0v) is 16.2. The Labute approximate surface area is 171 Å². The van der Waals surface area contributed by atoms with E-state index in [-0.39, 0.29) is 11.4 Å². The number of benzene rings is 3. The fourth-order valence-electron chi connectivity index (χ4n) is 3.40. The highest BCUT2D eigenvalue weighted by atomic mass is 19.1. The van der Waals surface area contributed by atoms with E-state index in [2.05, 4.69) is 5.10 Å². The van der Waals surface area contributed by atoms with Crippen molar-refractivity contribution in [2.75, 3.05) is 0 Å². The molecule has 0 aliphatic rings. The maximum absolute atomic E-state index is 13.5. The minimum atomic E-state index is -0.366. The molecule has 2 heterocycles. The highest BCUT2D eigenvalue weighted by molar-refractivity contribution is 5.77. The van der Waals surface area contributed by atoms with Crippen LogP contribution in [0.4, 0.5) is 4.39 Å². The lowest BCUT2D eigenvalue weighted by Gasteiger charge is -2.12. The van der Waals surface area contributed by atoms with Crippen molar-refractivity contribution in [3.8, 4) is 22.8 Å². The molecule has 30 heavy (non-hydrogen) atoms. The molecule has 5 nitrogen and oxygen atoms in total. The van der Waals surface area contributed by atoms with E-state index in [4.69, 9.17) is 4.98 Å². The Morgan fingerprint density at radius 3 is 2.23 bits per heavy atom. The number of para-hydroxylation sites is 1. The quantitative estimate of drug-likeness (QED) is 0.445. The molecular weight excluding hydrogens is 379 g/mol. The summed E-state index contributed by atoms with van der Waals surface area (Å²) >= 11 is 0. The number of nitrogens with zero attached hydrogens (tertiary/aromatic N) is 4. The minimum absolute atomic E-state index is 0.260. The fourth-order valence-corrected chi connectivity index (χ4v) is 3.40. The van der Waals surface area contributed by atoms with E-state index in [9.17, 15) is 9.18 Å². The lowest BCUT2D eigenvalue weighted by atomic mass is 10.1. The molecule has 0 aliphatic carbocycles. The van der Waals surface area contributed by atoms with Crippen LogP contribution in [0.25, 0.3) is 33.8 Å². The van der Waals surface area contributed by atoms with Crippen molar-refractivity contribution < 1.29 is 4.39 Å². The van der Waals surface area contributed by atoms with Crippen molar-refractivity contribution in [1.29, 1.82) is 0 Å². The van der Waals surface area contributed by atoms with Crippen LogP contribution in [0.15, 0.2) is 89.9 Å². The Balaban J connectivity index is 1.81. The molecule has 0 bridgehead atoms. The number of halogens is 1. The molecule has 0 atom stereocenters. The molecule has 0 unspecified atom stereocenters. The van der Waals surface area contributed by atoms with E-state index < -0.39 is 0 Å². The Morgan fingerprint density at radius 1 is 0.833 bits per heavy atom. The zero-order chi connectivity index (χ0) is 20.7. The van der Waals surface area contributed by atoms with Crippen LogP contribution in [-0.4, -0.2) is 19.3 Å². The molecule has 3 aromatic carbocycles. The lowest BCUT2D eigenvalue weighted by molar-refractivity contribution is 0.627. The Kier molecular flexibility index (Phi) is 4.25. The van der Waals surface area contributed by atoms with Crippen LogP contribution in [0.1, 0.15) is 5.56 Å². The molecule has 0 saturated carbocycles. The third kappa shape index (κ3) is 3.08. The van der Waals surface area contributed by atoms with Crippen LogP contribution in [0.3, 0.4) is 0 Å². The second-order valence-electron chi connectivity index (χ2n) is 7.06. The van der Waals surface area contributed by atoms with Gasteiger partial charge < -0.3 is 0 Å². The first kappa shape index (κ1) is 18.0. The molecule has 6 heteroatoms. The average Bonchev–Trinajstić information content (AvgIpc) is 3.21. The summed E-state index contributed by atoms with van der Waals surface area (Å²) in [4.78, 5) is 18.2. The highest BCUT2D eigenvalue weighted by Gasteiger charge is 2.17. The average molecular weight is 396 g/mol. The molecular formula is C24H17FN4O. The predicted molar refractivity (Wildman–Crippen MR) is 115 cm³/mol. The third-order valence-electron chi connectivity index (χ3n) is 4.97. The van der Waals surface area contributed by atoms with Gasteiger partial charge in [0.25, 0.3) is 5.56 Å². The van der Waals surface area contributed by atoms with Gasteiger partial charge in [-0.25, -0.2) is 14.1 Å². The highest BCUT2D eigenvalue weighted by Crippen LogP contribution is 2.23. The summed E-state index contributed by atoms with van der Waals surface area (Å²) in [6, 6.07) is 23.1. The van der Waals surface area contributed by atoms with Gasteiger partial charge in [-0.1, -0.05) is 48.0 Å². The smallest absolute Gasteiger partial charge is 0.268 e. The van der Waals surface area contributed by atoms with Crippen molar-refractivity contribution in [2.45, 2.75) is 6.92 Å².